The van der Waals surface area contributed by atoms with Gasteiger partial charge in [0.2, 0.25) is 6.43 Å². The zero-order valence-corrected chi connectivity index (χ0v) is 13.5. The summed E-state index contributed by atoms with van der Waals surface area (Å²) in [6.07, 6.45) is -2.52. The molecule has 0 aliphatic rings. The molecule has 0 bridgehead atoms. The molecule has 0 fully saturated rings. The highest BCUT2D eigenvalue weighted by Gasteiger charge is 2.27. The molecule has 0 aliphatic carbocycles. The summed E-state index contributed by atoms with van der Waals surface area (Å²) in [5, 5.41) is 15.2. The van der Waals surface area contributed by atoms with E-state index in [4.69, 9.17) is 5.11 Å². The SMILES string of the molecule is Cc1ccc(C)n1-c1c(C(=O)NC(CC(F)F)C(=O)O)cnn1C. The molecule has 2 aromatic rings. The van der Waals surface area contributed by atoms with Crippen LogP contribution in [0.3, 0.4) is 0 Å². The standard InChI is InChI=1S/C15H18F2N4O3/c1-8-4-5-9(2)21(8)14-10(7-18-20(14)3)13(22)19-11(15(23)24)6-12(16)17/h4-5,7,11-12H,6H2,1-3H3,(H,19,22)(H,23,24). The van der Waals surface area contributed by atoms with E-state index in [1.54, 1.807) is 11.6 Å². The van der Waals surface area contributed by atoms with Crippen molar-refractivity contribution in [2.45, 2.75) is 32.7 Å². The molecule has 130 valence electrons. The third-order valence-electron chi connectivity index (χ3n) is 3.65. The van der Waals surface area contributed by atoms with Gasteiger partial charge in [-0.05, 0) is 26.0 Å². The van der Waals surface area contributed by atoms with Gasteiger partial charge in [0.15, 0.2) is 0 Å². The van der Waals surface area contributed by atoms with Crippen molar-refractivity contribution < 1.29 is 23.5 Å². The molecule has 2 aromatic heterocycles. The molecule has 1 unspecified atom stereocenters. The van der Waals surface area contributed by atoms with Gasteiger partial charge in [0, 0.05) is 24.9 Å². The molecule has 9 heteroatoms. The van der Waals surface area contributed by atoms with Crippen LogP contribution in [0.4, 0.5) is 8.78 Å². The molecule has 0 radical (unpaired) electrons. The molecule has 2 N–H and O–H groups in total. The number of carbonyl (C=O) groups is 2. The summed E-state index contributed by atoms with van der Waals surface area (Å²) in [7, 11) is 1.64. The van der Waals surface area contributed by atoms with E-state index in [-0.39, 0.29) is 5.56 Å². The van der Waals surface area contributed by atoms with Gasteiger partial charge >= 0.3 is 5.97 Å². The van der Waals surface area contributed by atoms with Crippen LogP contribution in [0.15, 0.2) is 18.3 Å². The van der Waals surface area contributed by atoms with E-state index < -0.39 is 30.8 Å². The van der Waals surface area contributed by atoms with Crippen molar-refractivity contribution in [2.24, 2.45) is 7.05 Å². The maximum atomic E-state index is 12.5. The van der Waals surface area contributed by atoms with Crippen molar-refractivity contribution in [3.05, 3.63) is 35.3 Å². The second kappa shape index (κ2) is 6.81. The van der Waals surface area contributed by atoms with Crippen molar-refractivity contribution >= 4 is 11.9 Å². The maximum absolute atomic E-state index is 12.5. The number of carboxylic acids is 1. The number of carboxylic acid groups (broad SMARTS) is 1. The zero-order valence-electron chi connectivity index (χ0n) is 13.5. The number of hydrogen-bond acceptors (Lipinski definition) is 3. The third kappa shape index (κ3) is 3.44. The van der Waals surface area contributed by atoms with Crippen LogP contribution >= 0.6 is 0 Å². The number of hydrogen-bond donors (Lipinski definition) is 2. The Labute approximate surface area is 136 Å². The highest BCUT2D eigenvalue weighted by molar-refractivity contribution is 5.99. The monoisotopic (exact) mass is 340 g/mol. The number of nitrogens with one attached hydrogen (secondary N) is 1. The first-order chi connectivity index (χ1) is 11.2. The predicted octanol–water partition coefficient (Wildman–Crippen LogP) is 1.67. The van der Waals surface area contributed by atoms with E-state index in [0.717, 1.165) is 11.4 Å². The summed E-state index contributed by atoms with van der Waals surface area (Å²) in [6.45, 7) is 3.69. The largest absolute Gasteiger partial charge is 0.480 e. The van der Waals surface area contributed by atoms with Crippen LogP contribution in [-0.2, 0) is 11.8 Å². The van der Waals surface area contributed by atoms with Crippen molar-refractivity contribution in [2.75, 3.05) is 0 Å². The van der Waals surface area contributed by atoms with Gasteiger partial charge in [-0.1, -0.05) is 0 Å². The van der Waals surface area contributed by atoms with Gasteiger partial charge in [-0.15, -0.1) is 0 Å². The van der Waals surface area contributed by atoms with E-state index in [0.29, 0.717) is 5.82 Å². The van der Waals surface area contributed by atoms with E-state index in [9.17, 15) is 18.4 Å². The molecule has 24 heavy (non-hydrogen) atoms. The van der Waals surface area contributed by atoms with Crippen LogP contribution in [-0.4, -0.2) is 43.8 Å². The van der Waals surface area contributed by atoms with Gasteiger partial charge in [0.1, 0.15) is 17.4 Å². The second-order valence-electron chi connectivity index (χ2n) is 5.45. The number of amides is 1. The molecule has 2 heterocycles. The highest BCUT2D eigenvalue weighted by Crippen LogP contribution is 2.20. The van der Waals surface area contributed by atoms with Crippen molar-refractivity contribution in [1.82, 2.24) is 19.7 Å². The van der Waals surface area contributed by atoms with Gasteiger partial charge in [-0.25, -0.2) is 13.6 Å². The average molecular weight is 340 g/mol. The number of carbonyl (C=O) groups excluding carboxylic acids is 1. The van der Waals surface area contributed by atoms with Crippen LogP contribution in [0.1, 0.15) is 28.2 Å². The second-order valence-corrected chi connectivity index (χ2v) is 5.45. The lowest BCUT2D eigenvalue weighted by Gasteiger charge is -2.16. The van der Waals surface area contributed by atoms with Crippen molar-refractivity contribution in [3.8, 4) is 5.82 Å². The number of aliphatic carboxylic acids is 1. The third-order valence-corrected chi connectivity index (χ3v) is 3.65. The zero-order chi connectivity index (χ0) is 18.0. The quantitative estimate of drug-likeness (QED) is 0.837. The van der Waals surface area contributed by atoms with E-state index in [1.165, 1.54) is 10.9 Å². The summed E-state index contributed by atoms with van der Waals surface area (Å²) < 4.78 is 28.2. The topological polar surface area (TPSA) is 89.2 Å². The number of nitrogens with zero attached hydrogens (tertiary/aromatic N) is 3. The first kappa shape index (κ1) is 17.6. The summed E-state index contributed by atoms with van der Waals surface area (Å²) in [5.74, 6) is -1.84. The first-order valence-corrected chi connectivity index (χ1v) is 7.21. The normalized spacial score (nSPS) is 12.4. The Morgan fingerprint density at radius 3 is 2.38 bits per heavy atom. The van der Waals surface area contributed by atoms with Crippen LogP contribution in [0, 0.1) is 13.8 Å². The van der Waals surface area contributed by atoms with E-state index in [1.807, 2.05) is 26.0 Å². The van der Waals surface area contributed by atoms with E-state index in [2.05, 4.69) is 10.4 Å². The Kier molecular flexibility index (Phi) is 5.01. The molecule has 0 saturated carbocycles. The summed E-state index contributed by atoms with van der Waals surface area (Å²) in [4.78, 5) is 23.5. The summed E-state index contributed by atoms with van der Waals surface area (Å²) in [5.41, 5.74) is 1.82. The Morgan fingerprint density at radius 1 is 1.29 bits per heavy atom. The van der Waals surface area contributed by atoms with Gasteiger partial charge in [-0.3, -0.25) is 9.48 Å². The Bertz CT molecular complexity index is 747. The Hall–Kier alpha value is -2.71. The average Bonchev–Trinajstić information content (AvgIpc) is 3.00. The lowest BCUT2D eigenvalue weighted by Crippen LogP contribution is -2.42. The van der Waals surface area contributed by atoms with Crippen LogP contribution < -0.4 is 5.32 Å². The number of alkyl halides is 2. The Balaban J connectivity index is 2.36. The first-order valence-electron chi connectivity index (χ1n) is 7.21. The molecule has 2 rings (SSSR count). The number of halogens is 2. The predicted molar refractivity (Wildman–Crippen MR) is 81.5 cm³/mol. The lowest BCUT2D eigenvalue weighted by molar-refractivity contribution is -0.140. The van der Waals surface area contributed by atoms with Gasteiger partial charge in [0.05, 0.1) is 6.20 Å². The maximum Gasteiger partial charge on any atom is 0.326 e. The van der Waals surface area contributed by atoms with Gasteiger partial charge in [-0.2, -0.15) is 5.10 Å². The molecule has 1 atom stereocenters. The molecule has 0 spiro atoms. The fourth-order valence-corrected chi connectivity index (χ4v) is 2.49. The minimum atomic E-state index is -2.84. The summed E-state index contributed by atoms with van der Waals surface area (Å²) >= 11 is 0. The number of rotatable bonds is 6. The van der Waals surface area contributed by atoms with Crippen molar-refractivity contribution in [3.63, 3.8) is 0 Å². The molecule has 0 aliphatic heterocycles. The molecular formula is C15H18F2N4O3. The Morgan fingerprint density at radius 2 is 1.88 bits per heavy atom. The summed E-state index contributed by atoms with van der Waals surface area (Å²) in [6, 6.07) is 2.05. The smallest absolute Gasteiger partial charge is 0.326 e. The van der Waals surface area contributed by atoms with Crippen LogP contribution in [0.5, 0.6) is 0 Å². The molecule has 0 saturated heterocycles. The molecule has 1 amide bonds. The lowest BCUT2D eigenvalue weighted by atomic mass is 10.2. The van der Waals surface area contributed by atoms with Crippen LogP contribution in [0.2, 0.25) is 0 Å². The minimum absolute atomic E-state index is 0.111. The number of aryl methyl sites for hydroxylation is 3. The van der Waals surface area contributed by atoms with Crippen molar-refractivity contribution in [1.29, 1.82) is 0 Å². The molecule has 0 aromatic carbocycles. The van der Waals surface area contributed by atoms with E-state index >= 15 is 0 Å². The van der Waals surface area contributed by atoms with Gasteiger partial charge < -0.3 is 15.0 Å². The molecular weight excluding hydrogens is 322 g/mol. The fourth-order valence-electron chi connectivity index (χ4n) is 2.49. The number of aromatic nitrogens is 3. The van der Waals surface area contributed by atoms with Crippen LogP contribution in [0.25, 0.3) is 5.82 Å². The van der Waals surface area contributed by atoms with Gasteiger partial charge in [0.25, 0.3) is 5.91 Å². The molecule has 7 nitrogen and oxygen atoms in total. The minimum Gasteiger partial charge on any atom is -0.480 e. The fraction of sp³-hybridized carbons (Fsp3) is 0.400. The highest BCUT2D eigenvalue weighted by atomic mass is 19.3.